The van der Waals surface area contributed by atoms with Crippen molar-refractivity contribution in [3.63, 3.8) is 0 Å². The van der Waals surface area contributed by atoms with Crippen LogP contribution in [0.25, 0.3) is 0 Å². The van der Waals surface area contributed by atoms with Gasteiger partial charge in [-0.05, 0) is 60.2 Å². The summed E-state index contributed by atoms with van der Waals surface area (Å²) >= 11 is 0. The van der Waals surface area contributed by atoms with E-state index in [0.29, 0.717) is 0 Å². The highest BCUT2D eigenvalue weighted by molar-refractivity contribution is 5.88. The van der Waals surface area contributed by atoms with Crippen LogP contribution in [0.15, 0.2) is 42.5 Å². The number of carbonyl (C=O) groups is 1. The van der Waals surface area contributed by atoms with E-state index in [1.54, 1.807) is 0 Å². The Bertz CT molecular complexity index is 647. The van der Waals surface area contributed by atoms with Crippen molar-refractivity contribution < 1.29 is 4.79 Å². The fourth-order valence-corrected chi connectivity index (χ4v) is 2.81. The van der Waals surface area contributed by atoms with Gasteiger partial charge >= 0.3 is 0 Å². The highest BCUT2D eigenvalue weighted by atomic mass is 16.1. The number of carbonyl (C=O) groups excluding carboxylic acids is 1. The molecule has 0 bridgehead atoms. The van der Waals surface area contributed by atoms with Crippen molar-refractivity contribution in [2.24, 2.45) is 0 Å². The lowest BCUT2D eigenvalue weighted by Gasteiger charge is -2.09. The Balaban J connectivity index is 1.61. The molecule has 0 spiro atoms. The zero-order valence-corrected chi connectivity index (χ0v) is 12.3. The molecule has 2 aromatic carbocycles. The molecule has 0 aliphatic heterocycles. The average molecular weight is 280 g/mol. The van der Waals surface area contributed by atoms with Crippen LogP contribution < -0.4 is 10.6 Å². The molecule has 0 unspecified atom stereocenters. The van der Waals surface area contributed by atoms with E-state index >= 15 is 0 Å². The molecule has 0 saturated carbocycles. The molecule has 0 heterocycles. The summed E-state index contributed by atoms with van der Waals surface area (Å²) in [4.78, 5) is 11.0. The van der Waals surface area contributed by atoms with Gasteiger partial charge in [0, 0.05) is 24.8 Å². The number of hydrogen-bond acceptors (Lipinski definition) is 2. The number of rotatable bonds is 4. The molecule has 21 heavy (non-hydrogen) atoms. The largest absolute Gasteiger partial charge is 0.381 e. The molecule has 0 aromatic heterocycles. The lowest BCUT2D eigenvalue weighted by Crippen LogP contribution is -2.05. The minimum atomic E-state index is -0.0474. The summed E-state index contributed by atoms with van der Waals surface area (Å²) < 4.78 is 0. The number of aryl methyl sites for hydroxylation is 2. The lowest BCUT2D eigenvalue weighted by molar-refractivity contribution is -0.114. The maximum Gasteiger partial charge on any atom is 0.221 e. The molecule has 3 rings (SSSR count). The Labute approximate surface area is 125 Å². The molecule has 0 fully saturated rings. The monoisotopic (exact) mass is 280 g/mol. The Morgan fingerprint density at radius 1 is 1.00 bits per heavy atom. The Morgan fingerprint density at radius 3 is 2.48 bits per heavy atom. The standard InChI is InChI=1S/C18H20N2O/c1-13(21)20-18-9-7-17(8-10-18)19-12-14-5-6-15-3-2-4-16(15)11-14/h5-11,19H,2-4,12H2,1H3,(H,20,21). The first-order valence-corrected chi connectivity index (χ1v) is 7.43. The average Bonchev–Trinajstić information content (AvgIpc) is 2.93. The second-order valence-corrected chi connectivity index (χ2v) is 5.57. The number of benzene rings is 2. The van der Waals surface area contributed by atoms with Crippen molar-refractivity contribution in [1.82, 2.24) is 0 Å². The number of nitrogens with one attached hydrogen (secondary N) is 2. The van der Waals surface area contributed by atoms with Crippen LogP contribution in [0.2, 0.25) is 0 Å². The summed E-state index contributed by atoms with van der Waals surface area (Å²) in [5.41, 5.74) is 6.23. The van der Waals surface area contributed by atoms with Crippen LogP contribution in [-0.4, -0.2) is 5.91 Å². The van der Waals surface area contributed by atoms with Crippen LogP contribution in [0.5, 0.6) is 0 Å². The van der Waals surface area contributed by atoms with Gasteiger partial charge in [0.15, 0.2) is 0 Å². The molecule has 3 heteroatoms. The molecular formula is C18H20N2O. The summed E-state index contributed by atoms with van der Waals surface area (Å²) in [6.07, 6.45) is 3.74. The summed E-state index contributed by atoms with van der Waals surface area (Å²) in [6.45, 7) is 2.34. The normalized spacial score (nSPS) is 12.8. The first kappa shape index (κ1) is 13.7. The van der Waals surface area contributed by atoms with Gasteiger partial charge in [-0.2, -0.15) is 0 Å². The highest BCUT2D eigenvalue weighted by Crippen LogP contribution is 2.23. The van der Waals surface area contributed by atoms with Crippen molar-refractivity contribution >= 4 is 17.3 Å². The highest BCUT2D eigenvalue weighted by Gasteiger charge is 2.10. The predicted molar refractivity (Wildman–Crippen MR) is 86.5 cm³/mol. The van der Waals surface area contributed by atoms with Crippen molar-refractivity contribution in [3.05, 3.63) is 59.2 Å². The van der Waals surface area contributed by atoms with Crippen molar-refractivity contribution in [2.45, 2.75) is 32.7 Å². The molecule has 1 aliphatic carbocycles. The van der Waals surface area contributed by atoms with E-state index in [4.69, 9.17) is 0 Å². The van der Waals surface area contributed by atoms with Crippen LogP contribution in [-0.2, 0) is 24.2 Å². The van der Waals surface area contributed by atoms with Gasteiger partial charge in [-0.15, -0.1) is 0 Å². The summed E-state index contributed by atoms with van der Waals surface area (Å²) in [5.74, 6) is -0.0474. The number of fused-ring (bicyclic) bond motifs is 1. The van der Waals surface area contributed by atoms with Gasteiger partial charge in [0.25, 0.3) is 0 Å². The summed E-state index contributed by atoms with van der Waals surface area (Å²) in [6, 6.07) is 14.6. The fourth-order valence-electron chi connectivity index (χ4n) is 2.81. The lowest BCUT2D eigenvalue weighted by atomic mass is 10.1. The van der Waals surface area contributed by atoms with Gasteiger partial charge in [-0.3, -0.25) is 4.79 Å². The van der Waals surface area contributed by atoms with E-state index in [1.807, 2.05) is 24.3 Å². The van der Waals surface area contributed by atoms with E-state index in [1.165, 1.54) is 42.9 Å². The number of amides is 1. The molecule has 1 aliphatic rings. The molecule has 108 valence electrons. The van der Waals surface area contributed by atoms with Gasteiger partial charge in [-0.25, -0.2) is 0 Å². The summed E-state index contributed by atoms with van der Waals surface area (Å²) in [5, 5.41) is 6.19. The predicted octanol–water partition coefficient (Wildman–Crippen LogP) is 3.75. The SMILES string of the molecule is CC(=O)Nc1ccc(NCc2ccc3c(c2)CCC3)cc1. The number of hydrogen-bond donors (Lipinski definition) is 2. The molecule has 3 nitrogen and oxygen atoms in total. The topological polar surface area (TPSA) is 41.1 Å². The van der Waals surface area contributed by atoms with Gasteiger partial charge in [-0.1, -0.05) is 18.2 Å². The Kier molecular flexibility index (Phi) is 3.91. The van der Waals surface area contributed by atoms with Gasteiger partial charge in [0.1, 0.15) is 0 Å². The molecule has 2 N–H and O–H groups in total. The van der Waals surface area contributed by atoms with Crippen molar-refractivity contribution in [1.29, 1.82) is 0 Å². The van der Waals surface area contributed by atoms with Crippen LogP contribution in [0.3, 0.4) is 0 Å². The van der Waals surface area contributed by atoms with Crippen molar-refractivity contribution in [3.8, 4) is 0 Å². The molecule has 2 aromatic rings. The molecule has 0 saturated heterocycles. The smallest absolute Gasteiger partial charge is 0.221 e. The number of anilines is 2. The zero-order valence-electron chi connectivity index (χ0n) is 12.3. The molecule has 0 radical (unpaired) electrons. The molecular weight excluding hydrogens is 260 g/mol. The second-order valence-electron chi connectivity index (χ2n) is 5.57. The van der Waals surface area contributed by atoms with Crippen LogP contribution in [0, 0.1) is 0 Å². The summed E-state index contributed by atoms with van der Waals surface area (Å²) in [7, 11) is 0. The molecule has 0 atom stereocenters. The van der Waals surface area contributed by atoms with E-state index in [2.05, 4.69) is 28.8 Å². The van der Waals surface area contributed by atoms with E-state index in [-0.39, 0.29) is 5.91 Å². The first-order chi connectivity index (χ1) is 10.2. The minimum absolute atomic E-state index is 0.0474. The van der Waals surface area contributed by atoms with Crippen molar-refractivity contribution in [2.75, 3.05) is 10.6 Å². The maximum atomic E-state index is 11.0. The van der Waals surface area contributed by atoms with Gasteiger partial charge < -0.3 is 10.6 Å². The molecule has 1 amide bonds. The van der Waals surface area contributed by atoms with E-state index < -0.39 is 0 Å². The van der Waals surface area contributed by atoms with Gasteiger partial charge in [0.05, 0.1) is 0 Å². The van der Waals surface area contributed by atoms with Crippen LogP contribution in [0.1, 0.15) is 30.0 Å². The fraction of sp³-hybridized carbons (Fsp3) is 0.278. The quantitative estimate of drug-likeness (QED) is 0.895. The van der Waals surface area contributed by atoms with Crippen LogP contribution in [0.4, 0.5) is 11.4 Å². The zero-order chi connectivity index (χ0) is 14.7. The first-order valence-electron chi connectivity index (χ1n) is 7.43. The second kappa shape index (κ2) is 6.00. The minimum Gasteiger partial charge on any atom is -0.381 e. The Morgan fingerprint density at radius 2 is 1.71 bits per heavy atom. The van der Waals surface area contributed by atoms with Gasteiger partial charge in [0.2, 0.25) is 5.91 Å². The third-order valence-corrected chi connectivity index (χ3v) is 3.86. The third kappa shape index (κ3) is 3.43. The van der Waals surface area contributed by atoms with E-state index in [0.717, 1.165) is 17.9 Å². The maximum absolute atomic E-state index is 11.0. The Hall–Kier alpha value is -2.29. The van der Waals surface area contributed by atoms with E-state index in [9.17, 15) is 4.79 Å². The third-order valence-electron chi connectivity index (χ3n) is 3.86. The van der Waals surface area contributed by atoms with Crippen LogP contribution >= 0.6 is 0 Å².